The Kier molecular flexibility index (Phi) is 5.04. The average molecular weight is 512 g/mol. The maximum absolute atomic E-state index is 12.8. The maximum Gasteiger partial charge on any atom is 0.269 e. The van der Waals surface area contributed by atoms with Crippen LogP contribution < -0.4 is 5.56 Å². The molecule has 0 amide bonds. The molecule has 122 valence electrons. The van der Waals surface area contributed by atoms with Crippen molar-refractivity contribution in [3.8, 4) is 0 Å². The molecule has 24 heavy (non-hydrogen) atoms. The molecule has 0 unspecified atom stereocenters. The fourth-order valence-electron chi connectivity index (χ4n) is 2.21. The molecule has 9 heteroatoms. The number of carbonyl (C=O) groups is 1. The number of hydrogen-bond acceptors (Lipinski definition) is 3. The van der Waals surface area contributed by atoms with E-state index in [9.17, 15) is 9.59 Å². The number of H-pyrrole nitrogens is 1. The first-order valence-corrected chi connectivity index (χ1v) is 9.05. The van der Waals surface area contributed by atoms with Crippen molar-refractivity contribution in [1.29, 1.82) is 0 Å². The molecule has 2 aromatic carbocycles. The van der Waals surface area contributed by atoms with Crippen LogP contribution in [-0.4, -0.2) is 15.5 Å². The van der Waals surface area contributed by atoms with E-state index in [4.69, 9.17) is 47.0 Å². The summed E-state index contributed by atoms with van der Waals surface area (Å²) in [6.07, 6.45) is 0. The monoisotopic (exact) mass is 510 g/mol. The largest absolute Gasteiger partial charge is 0.330 e. The predicted octanol–water partition coefficient (Wildman–Crippen LogP) is 5.31. The van der Waals surface area contributed by atoms with Gasteiger partial charge in [0, 0.05) is 8.59 Å². The number of benzene rings is 2. The molecular weight excluding hydrogens is 506 g/mol. The van der Waals surface area contributed by atoms with Crippen molar-refractivity contribution >= 4 is 86.4 Å². The van der Waals surface area contributed by atoms with E-state index in [1.165, 1.54) is 12.1 Å². The third-order valence-electron chi connectivity index (χ3n) is 3.29. The van der Waals surface area contributed by atoms with Crippen LogP contribution in [-0.2, 0) is 0 Å². The minimum Gasteiger partial charge on any atom is -0.330 e. The Balaban J connectivity index is 2.35. The second-order valence-corrected chi connectivity index (χ2v) is 7.69. The molecule has 0 bridgehead atoms. The molecule has 0 atom stereocenters. The highest BCUT2D eigenvalue weighted by molar-refractivity contribution is 14.1. The molecule has 4 nitrogen and oxygen atoms in total. The lowest BCUT2D eigenvalue weighted by Crippen LogP contribution is -2.29. The zero-order valence-corrected chi connectivity index (χ0v) is 16.8. The highest BCUT2D eigenvalue weighted by atomic mass is 127. The van der Waals surface area contributed by atoms with Gasteiger partial charge >= 0.3 is 0 Å². The molecular formula is C15H6Cl3IN2O2S. The van der Waals surface area contributed by atoms with Crippen LogP contribution in [0.15, 0.2) is 35.1 Å². The first kappa shape index (κ1) is 17.9. The van der Waals surface area contributed by atoms with Gasteiger partial charge in [0.2, 0.25) is 0 Å². The van der Waals surface area contributed by atoms with Crippen LogP contribution in [0.1, 0.15) is 10.4 Å². The number of nitrogens with zero attached hydrogens (tertiary/aromatic N) is 1. The maximum atomic E-state index is 12.8. The van der Waals surface area contributed by atoms with Gasteiger partial charge < -0.3 is 4.98 Å². The molecule has 0 radical (unpaired) electrons. The number of halogens is 4. The van der Waals surface area contributed by atoms with E-state index in [2.05, 4.69) is 4.98 Å². The second-order valence-electron chi connectivity index (χ2n) is 4.81. The number of carbonyl (C=O) groups excluding carboxylic acids is 1. The Bertz CT molecular complexity index is 1120. The smallest absolute Gasteiger partial charge is 0.269 e. The summed E-state index contributed by atoms with van der Waals surface area (Å²) >= 11 is 25.3. The van der Waals surface area contributed by atoms with Gasteiger partial charge in [-0.15, -0.1) is 0 Å². The zero-order valence-electron chi connectivity index (χ0n) is 11.6. The fourth-order valence-corrected chi connectivity index (χ4v) is 3.71. The Morgan fingerprint density at radius 2 is 1.83 bits per heavy atom. The van der Waals surface area contributed by atoms with E-state index in [0.717, 1.165) is 8.14 Å². The lowest BCUT2D eigenvalue weighted by atomic mass is 10.2. The highest BCUT2D eigenvalue weighted by Gasteiger charge is 2.19. The average Bonchev–Trinajstić information content (AvgIpc) is 2.51. The molecule has 1 aromatic heterocycles. The van der Waals surface area contributed by atoms with Crippen molar-refractivity contribution in [3.63, 3.8) is 0 Å². The first-order chi connectivity index (χ1) is 11.3. The van der Waals surface area contributed by atoms with Gasteiger partial charge in [0.1, 0.15) is 0 Å². The van der Waals surface area contributed by atoms with Crippen LogP contribution in [0.3, 0.4) is 0 Å². The van der Waals surface area contributed by atoms with E-state index in [0.29, 0.717) is 5.52 Å². The van der Waals surface area contributed by atoms with E-state index < -0.39 is 11.5 Å². The van der Waals surface area contributed by atoms with E-state index in [1.807, 2.05) is 22.6 Å². The normalized spacial score (nSPS) is 11.0. The van der Waals surface area contributed by atoms with Crippen molar-refractivity contribution in [1.82, 2.24) is 9.55 Å². The molecule has 0 saturated carbocycles. The summed E-state index contributed by atoms with van der Waals surface area (Å²) in [5, 5.41) is 0.913. The SMILES string of the molecule is O=C(c1cc(I)ccc1Cl)n1c(=S)[nH]c2c(Cl)cc(Cl)cc2c1=O. The van der Waals surface area contributed by atoms with E-state index in [1.54, 1.807) is 18.2 Å². The Morgan fingerprint density at radius 1 is 1.12 bits per heavy atom. The van der Waals surface area contributed by atoms with Crippen molar-refractivity contribution in [2.45, 2.75) is 0 Å². The van der Waals surface area contributed by atoms with Crippen LogP contribution in [0.2, 0.25) is 15.1 Å². The van der Waals surface area contributed by atoms with Gasteiger partial charge in [-0.25, -0.2) is 4.57 Å². The number of rotatable bonds is 1. The minimum atomic E-state index is -0.622. The number of fused-ring (bicyclic) bond motifs is 1. The van der Waals surface area contributed by atoms with Crippen LogP contribution in [0.5, 0.6) is 0 Å². The van der Waals surface area contributed by atoms with Crippen molar-refractivity contribution in [2.24, 2.45) is 0 Å². The minimum absolute atomic E-state index is 0.0725. The Labute approximate surface area is 169 Å². The van der Waals surface area contributed by atoms with Gasteiger partial charge in [0.25, 0.3) is 11.5 Å². The van der Waals surface area contributed by atoms with Gasteiger partial charge in [-0.05, 0) is 65.1 Å². The molecule has 0 aliphatic carbocycles. The van der Waals surface area contributed by atoms with Crippen molar-refractivity contribution in [3.05, 3.63) is 69.7 Å². The van der Waals surface area contributed by atoms with Crippen LogP contribution in [0.25, 0.3) is 10.9 Å². The fraction of sp³-hybridized carbons (Fsp3) is 0. The highest BCUT2D eigenvalue weighted by Crippen LogP contribution is 2.25. The molecule has 3 rings (SSSR count). The van der Waals surface area contributed by atoms with Gasteiger partial charge in [-0.2, -0.15) is 0 Å². The topological polar surface area (TPSA) is 54.9 Å². The lowest BCUT2D eigenvalue weighted by Gasteiger charge is -2.09. The molecule has 0 spiro atoms. The number of aromatic nitrogens is 2. The Hall–Kier alpha value is -0.930. The zero-order chi connectivity index (χ0) is 17.6. The predicted molar refractivity (Wildman–Crippen MR) is 107 cm³/mol. The van der Waals surface area contributed by atoms with Gasteiger partial charge in [0.15, 0.2) is 4.77 Å². The summed E-state index contributed by atoms with van der Waals surface area (Å²) < 4.78 is 1.58. The second kappa shape index (κ2) is 6.76. The third kappa shape index (κ3) is 3.13. The standard InChI is InChI=1S/C15H6Cl3IN2O2S/c16-6-3-9-12(11(18)4-6)20-15(24)21(14(9)23)13(22)8-5-7(19)1-2-10(8)17/h1-5H,(H,20,24). The van der Waals surface area contributed by atoms with Gasteiger partial charge in [-0.3, -0.25) is 9.59 Å². The Morgan fingerprint density at radius 3 is 2.54 bits per heavy atom. The van der Waals surface area contributed by atoms with Crippen LogP contribution in [0, 0.1) is 8.34 Å². The number of aromatic amines is 1. The molecule has 3 aromatic rings. The number of nitrogens with one attached hydrogen (secondary N) is 1. The van der Waals surface area contributed by atoms with Crippen LogP contribution in [0.4, 0.5) is 0 Å². The number of hydrogen-bond donors (Lipinski definition) is 1. The summed E-state index contributed by atoms with van der Waals surface area (Å²) in [5.41, 5.74) is -0.107. The molecule has 0 fully saturated rings. The molecule has 1 N–H and O–H groups in total. The summed E-state index contributed by atoms with van der Waals surface area (Å²) in [7, 11) is 0. The summed E-state index contributed by atoms with van der Waals surface area (Å²) in [6.45, 7) is 0. The molecule has 0 aliphatic rings. The molecule has 0 aliphatic heterocycles. The van der Waals surface area contributed by atoms with Gasteiger partial charge in [0.05, 0.1) is 26.5 Å². The summed E-state index contributed by atoms with van der Waals surface area (Å²) in [6, 6.07) is 7.84. The quantitative estimate of drug-likeness (QED) is 0.356. The van der Waals surface area contributed by atoms with E-state index >= 15 is 0 Å². The summed E-state index contributed by atoms with van der Waals surface area (Å²) in [4.78, 5) is 28.4. The van der Waals surface area contributed by atoms with Crippen molar-refractivity contribution in [2.75, 3.05) is 0 Å². The van der Waals surface area contributed by atoms with Gasteiger partial charge in [-0.1, -0.05) is 34.8 Å². The molecule has 1 heterocycles. The lowest BCUT2D eigenvalue weighted by molar-refractivity contribution is 0.0953. The third-order valence-corrected chi connectivity index (χ3v) is 5.09. The van der Waals surface area contributed by atoms with Crippen LogP contribution >= 0.6 is 69.6 Å². The van der Waals surface area contributed by atoms with E-state index in [-0.39, 0.29) is 30.8 Å². The molecule has 0 saturated heterocycles. The summed E-state index contributed by atoms with van der Waals surface area (Å²) in [5.74, 6) is -0.622. The van der Waals surface area contributed by atoms with Crippen molar-refractivity contribution < 1.29 is 4.79 Å². The first-order valence-electron chi connectivity index (χ1n) is 6.43.